The molecule has 0 saturated heterocycles. The number of rotatable bonds is 7. The summed E-state index contributed by atoms with van der Waals surface area (Å²) in [5.74, 6) is 0.557. The molecule has 9 nitrogen and oxygen atoms in total. The number of carbonyl (C=O) groups excluding carboxylic acids is 1. The second-order valence-corrected chi connectivity index (χ2v) is 8.00. The third-order valence-corrected chi connectivity index (χ3v) is 5.61. The number of anilines is 1. The highest BCUT2D eigenvalue weighted by Gasteiger charge is 2.15. The molecule has 10 heteroatoms. The van der Waals surface area contributed by atoms with Gasteiger partial charge < -0.3 is 14.5 Å². The smallest absolute Gasteiger partial charge is 0.287 e. The predicted molar refractivity (Wildman–Crippen MR) is 119 cm³/mol. The summed E-state index contributed by atoms with van der Waals surface area (Å²) >= 11 is 5.15. The molecule has 0 bridgehead atoms. The van der Waals surface area contributed by atoms with E-state index >= 15 is 0 Å². The highest BCUT2D eigenvalue weighted by atomic mass is 32.1. The molecule has 0 spiro atoms. The molecule has 0 unspecified atom stereocenters. The molecule has 166 valence electrons. The molecule has 1 heterocycles. The highest BCUT2D eigenvalue weighted by molar-refractivity contribution is 7.71. The summed E-state index contributed by atoms with van der Waals surface area (Å²) in [5, 5.41) is 17.9. The predicted octanol–water partition coefficient (Wildman–Crippen LogP) is 4.52. The SMILES string of the molecule is Cc1ccc(NC(=O)Cn2nc(COc3ccc4c(c3)CCCC4)oc2=S)cc1[N+](=O)[O-]. The summed E-state index contributed by atoms with van der Waals surface area (Å²) < 4.78 is 12.5. The lowest BCUT2D eigenvalue weighted by atomic mass is 9.92. The van der Waals surface area contributed by atoms with Crippen molar-refractivity contribution in [3.05, 3.63) is 73.9 Å². The van der Waals surface area contributed by atoms with Crippen LogP contribution >= 0.6 is 12.2 Å². The molecule has 1 aromatic heterocycles. The van der Waals surface area contributed by atoms with E-state index in [2.05, 4.69) is 16.5 Å². The number of nitro groups is 1. The number of nitrogens with one attached hydrogen (secondary N) is 1. The first-order valence-electron chi connectivity index (χ1n) is 10.3. The fraction of sp³-hybridized carbons (Fsp3) is 0.318. The maximum absolute atomic E-state index is 12.4. The van der Waals surface area contributed by atoms with Gasteiger partial charge >= 0.3 is 0 Å². The van der Waals surface area contributed by atoms with Crippen molar-refractivity contribution in [3.63, 3.8) is 0 Å². The number of nitrogens with zero attached hydrogens (tertiary/aromatic N) is 3. The Morgan fingerprint density at radius 1 is 1.25 bits per heavy atom. The van der Waals surface area contributed by atoms with E-state index in [0.717, 1.165) is 18.6 Å². The third kappa shape index (κ3) is 5.02. The second-order valence-electron chi connectivity index (χ2n) is 7.65. The average molecular weight is 455 g/mol. The van der Waals surface area contributed by atoms with Gasteiger partial charge in [-0.25, -0.2) is 4.68 Å². The van der Waals surface area contributed by atoms with Crippen molar-refractivity contribution in [2.75, 3.05) is 5.32 Å². The summed E-state index contributed by atoms with van der Waals surface area (Å²) in [4.78, 5) is 23.0. The molecule has 32 heavy (non-hydrogen) atoms. The van der Waals surface area contributed by atoms with Gasteiger partial charge in [-0.05, 0) is 74.2 Å². The lowest BCUT2D eigenvalue weighted by molar-refractivity contribution is -0.385. The monoisotopic (exact) mass is 454 g/mol. The topological polar surface area (TPSA) is 112 Å². The van der Waals surface area contributed by atoms with E-state index in [4.69, 9.17) is 21.4 Å². The Morgan fingerprint density at radius 2 is 2.03 bits per heavy atom. The van der Waals surface area contributed by atoms with Crippen LogP contribution in [0, 0.1) is 21.9 Å². The van der Waals surface area contributed by atoms with Crippen molar-refractivity contribution in [1.82, 2.24) is 9.78 Å². The molecule has 1 aliphatic rings. The first-order valence-corrected chi connectivity index (χ1v) is 10.7. The molecule has 0 fully saturated rings. The minimum atomic E-state index is -0.493. The number of aromatic nitrogens is 2. The van der Waals surface area contributed by atoms with E-state index in [1.165, 1.54) is 34.7 Å². The van der Waals surface area contributed by atoms with Crippen LogP contribution in [0.2, 0.25) is 0 Å². The fourth-order valence-electron chi connectivity index (χ4n) is 3.67. The van der Waals surface area contributed by atoms with Crippen LogP contribution < -0.4 is 10.1 Å². The van der Waals surface area contributed by atoms with Crippen molar-refractivity contribution in [2.24, 2.45) is 0 Å². The molecule has 0 atom stereocenters. The number of hydrogen-bond donors (Lipinski definition) is 1. The normalized spacial score (nSPS) is 12.8. The lowest BCUT2D eigenvalue weighted by Gasteiger charge is -2.16. The minimum absolute atomic E-state index is 0.0408. The Morgan fingerprint density at radius 3 is 2.81 bits per heavy atom. The van der Waals surface area contributed by atoms with Crippen LogP contribution in [0.5, 0.6) is 5.75 Å². The highest BCUT2D eigenvalue weighted by Crippen LogP contribution is 2.26. The number of carbonyl (C=O) groups is 1. The van der Waals surface area contributed by atoms with Crippen molar-refractivity contribution in [1.29, 1.82) is 0 Å². The van der Waals surface area contributed by atoms with Crippen molar-refractivity contribution < 1.29 is 18.9 Å². The number of fused-ring (bicyclic) bond motifs is 1. The van der Waals surface area contributed by atoms with Gasteiger partial charge in [0.2, 0.25) is 5.91 Å². The largest absolute Gasteiger partial charge is 0.484 e. The van der Waals surface area contributed by atoms with Crippen LogP contribution in [0.4, 0.5) is 11.4 Å². The Balaban J connectivity index is 1.37. The summed E-state index contributed by atoms with van der Waals surface area (Å²) in [6.07, 6.45) is 4.57. The number of hydrogen-bond acceptors (Lipinski definition) is 7. The van der Waals surface area contributed by atoms with E-state index in [0.29, 0.717) is 11.3 Å². The van der Waals surface area contributed by atoms with Gasteiger partial charge in [-0.3, -0.25) is 14.9 Å². The van der Waals surface area contributed by atoms with Crippen molar-refractivity contribution in [2.45, 2.75) is 45.8 Å². The quantitative estimate of drug-likeness (QED) is 0.317. The van der Waals surface area contributed by atoms with Gasteiger partial charge in [-0.1, -0.05) is 12.1 Å². The van der Waals surface area contributed by atoms with E-state index < -0.39 is 10.8 Å². The van der Waals surface area contributed by atoms with Crippen molar-refractivity contribution >= 4 is 29.5 Å². The van der Waals surface area contributed by atoms with Gasteiger partial charge in [0.05, 0.1) is 4.92 Å². The molecule has 2 aromatic carbocycles. The molecule has 4 rings (SSSR count). The molecule has 3 aromatic rings. The molecule has 0 radical (unpaired) electrons. The molecule has 1 aliphatic carbocycles. The van der Waals surface area contributed by atoms with Gasteiger partial charge in [0.15, 0.2) is 6.61 Å². The summed E-state index contributed by atoms with van der Waals surface area (Å²) in [6, 6.07) is 10.6. The third-order valence-electron chi connectivity index (χ3n) is 5.31. The van der Waals surface area contributed by atoms with E-state index in [-0.39, 0.29) is 29.6 Å². The molecule has 1 N–H and O–H groups in total. The summed E-state index contributed by atoms with van der Waals surface area (Å²) in [6.45, 7) is 1.52. The standard InChI is InChI=1S/C22H22N4O5S/c1-14-6-8-17(11-19(14)26(28)29)23-20(27)12-25-22(32)31-21(24-25)13-30-18-9-7-15-4-2-3-5-16(15)10-18/h6-11H,2-5,12-13H2,1H3,(H,23,27). The van der Waals surface area contributed by atoms with Crippen LogP contribution in [-0.2, 0) is 30.8 Å². The molecule has 0 aliphatic heterocycles. The summed E-state index contributed by atoms with van der Waals surface area (Å²) in [7, 11) is 0. The number of amides is 1. The molecular formula is C22H22N4O5S. The summed E-state index contributed by atoms with van der Waals surface area (Å²) in [5.41, 5.74) is 3.44. The van der Waals surface area contributed by atoms with E-state index in [1.54, 1.807) is 19.1 Å². The van der Waals surface area contributed by atoms with Crippen LogP contribution in [0.25, 0.3) is 0 Å². The number of aryl methyl sites for hydroxylation is 3. The Hall–Kier alpha value is -3.53. The zero-order chi connectivity index (χ0) is 22.7. The molecule has 0 saturated carbocycles. The van der Waals surface area contributed by atoms with Gasteiger partial charge in [-0.15, -0.1) is 5.10 Å². The van der Waals surface area contributed by atoms with Gasteiger partial charge in [0, 0.05) is 17.3 Å². The zero-order valence-electron chi connectivity index (χ0n) is 17.5. The van der Waals surface area contributed by atoms with Crippen LogP contribution in [0.1, 0.15) is 35.4 Å². The van der Waals surface area contributed by atoms with E-state index in [1.807, 2.05) is 12.1 Å². The maximum Gasteiger partial charge on any atom is 0.287 e. The van der Waals surface area contributed by atoms with Crippen LogP contribution in [0.3, 0.4) is 0 Å². The molecular weight excluding hydrogens is 432 g/mol. The van der Waals surface area contributed by atoms with Gasteiger partial charge in [-0.2, -0.15) is 0 Å². The molecule has 1 amide bonds. The minimum Gasteiger partial charge on any atom is -0.484 e. The average Bonchev–Trinajstić information content (AvgIpc) is 3.12. The fourth-order valence-corrected chi connectivity index (χ4v) is 3.87. The van der Waals surface area contributed by atoms with E-state index in [9.17, 15) is 14.9 Å². The maximum atomic E-state index is 12.4. The lowest BCUT2D eigenvalue weighted by Crippen LogP contribution is -2.20. The zero-order valence-corrected chi connectivity index (χ0v) is 18.3. The number of nitro benzene ring substituents is 1. The number of benzene rings is 2. The number of ether oxygens (including phenoxy) is 1. The van der Waals surface area contributed by atoms with Crippen LogP contribution in [0.15, 0.2) is 40.8 Å². The van der Waals surface area contributed by atoms with Gasteiger partial charge in [0.25, 0.3) is 16.4 Å². The first-order chi connectivity index (χ1) is 15.4. The van der Waals surface area contributed by atoms with Gasteiger partial charge in [0.1, 0.15) is 12.3 Å². The van der Waals surface area contributed by atoms with Crippen molar-refractivity contribution in [3.8, 4) is 5.75 Å². The van der Waals surface area contributed by atoms with Crippen LogP contribution in [-0.4, -0.2) is 20.6 Å². The Labute approximate surface area is 189 Å². The Kier molecular flexibility index (Phi) is 6.31. The Bertz CT molecular complexity index is 1230. The second kappa shape index (κ2) is 9.31. The first kappa shape index (κ1) is 21.7.